The van der Waals surface area contributed by atoms with E-state index in [0.717, 1.165) is 37.0 Å². The topological polar surface area (TPSA) is 81.5 Å². The van der Waals surface area contributed by atoms with Crippen molar-refractivity contribution in [3.8, 4) is 0 Å². The Morgan fingerprint density at radius 3 is 2.55 bits per heavy atom. The first-order valence-electron chi connectivity index (χ1n) is 10.5. The van der Waals surface area contributed by atoms with E-state index in [1.807, 2.05) is 25.5 Å². The second kappa shape index (κ2) is 9.26. The van der Waals surface area contributed by atoms with Crippen LogP contribution >= 0.6 is 0 Å². The highest BCUT2D eigenvalue weighted by Gasteiger charge is 2.23. The Morgan fingerprint density at radius 2 is 1.90 bits per heavy atom. The fourth-order valence-corrected chi connectivity index (χ4v) is 5.45. The van der Waals surface area contributed by atoms with Crippen LogP contribution in [0.1, 0.15) is 58.2 Å². The zero-order valence-corrected chi connectivity index (χ0v) is 18.4. The van der Waals surface area contributed by atoms with Crippen LogP contribution in [0, 0.1) is 0 Å². The predicted molar refractivity (Wildman–Crippen MR) is 112 cm³/mol. The average molecular weight is 422 g/mol. The van der Waals surface area contributed by atoms with E-state index in [-0.39, 0.29) is 23.4 Å². The van der Waals surface area contributed by atoms with Crippen molar-refractivity contribution >= 4 is 27.0 Å². The minimum atomic E-state index is -3.53. The number of esters is 1. The van der Waals surface area contributed by atoms with Gasteiger partial charge in [0, 0.05) is 26.6 Å². The first kappa shape index (κ1) is 21.8. The van der Waals surface area contributed by atoms with Crippen molar-refractivity contribution in [2.75, 3.05) is 13.1 Å². The Labute approximate surface area is 173 Å². The largest absolute Gasteiger partial charge is 0.462 e. The predicted octanol–water partition coefficient (Wildman–Crippen LogP) is 3.41. The van der Waals surface area contributed by atoms with Crippen molar-refractivity contribution in [1.29, 1.82) is 0 Å². The van der Waals surface area contributed by atoms with E-state index in [9.17, 15) is 13.2 Å². The molecule has 3 rings (SSSR count). The number of ether oxygens (including phenoxy) is 1. The van der Waals surface area contributed by atoms with Crippen molar-refractivity contribution in [2.24, 2.45) is 7.05 Å². The molecule has 0 amide bonds. The molecule has 7 nitrogen and oxygen atoms in total. The molecule has 1 aliphatic carbocycles. The summed E-state index contributed by atoms with van der Waals surface area (Å²) in [5, 5.41) is 0. The van der Waals surface area contributed by atoms with Crippen molar-refractivity contribution in [2.45, 2.75) is 69.8 Å². The van der Waals surface area contributed by atoms with Crippen LogP contribution in [-0.4, -0.2) is 47.4 Å². The highest BCUT2D eigenvalue weighted by molar-refractivity contribution is 7.89. The smallest absolute Gasteiger partial charge is 0.306 e. The van der Waals surface area contributed by atoms with Gasteiger partial charge in [0.05, 0.1) is 22.3 Å². The number of sulfonamides is 1. The Bertz CT molecular complexity index is 958. The van der Waals surface area contributed by atoms with Crippen molar-refractivity contribution < 1.29 is 17.9 Å². The molecule has 1 aliphatic rings. The fourth-order valence-electron chi connectivity index (χ4n) is 3.97. The van der Waals surface area contributed by atoms with Gasteiger partial charge in [-0.05, 0) is 43.9 Å². The van der Waals surface area contributed by atoms with Crippen LogP contribution < -0.4 is 0 Å². The number of aromatic nitrogens is 2. The summed E-state index contributed by atoms with van der Waals surface area (Å²) < 4.78 is 34.5. The van der Waals surface area contributed by atoms with Crippen LogP contribution in [0.3, 0.4) is 0 Å². The zero-order valence-electron chi connectivity index (χ0n) is 17.6. The molecule has 0 N–H and O–H groups in total. The van der Waals surface area contributed by atoms with Gasteiger partial charge in [-0.3, -0.25) is 4.79 Å². The van der Waals surface area contributed by atoms with Crippen LogP contribution in [0.5, 0.6) is 0 Å². The molecule has 0 bridgehead atoms. The van der Waals surface area contributed by atoms with Crippen molar-refractivity contribution in [3.63, 3.8) is 0 Å². The lowest BCUT2D eigenvalue weighted by Crippen LogP contribution is -2.30. The Hall–Kier alpha value is -1.93. The van der Waals surface area contributed by atoms with E-state index in [1.54, 1.807) is 18.2 Å². The molecule has 0 aliphatic heterocycles. The molecule has 0 atom stereocenters. The summed E-state index contributed by atoms with van der Waals surface area (Å²) in [6.07, 6.45) is 6.20. The van der Waals surface area contributed by atoms with Gasteiger partial charge in [-0.15, -0.1) is 0 Å². The minimum Gasteiger partial charge on any atom is -0.462 e. The lowest BCUT2D eigenvalue weighted by atomic mass is 9.98. The number of rotatable bonds is 8. The van der Waals surface area contributed by atoms with E-state index in [1.165, 1.54) is 10.7 Å². The number of imidazole rings is 1. The van der Waals surface area contributed by atoms with Crippen LogP contribution in [0.4, 0.5) is 0 Å². The van der Waals surface area contributed by atoms with Gasteiger partial charge in [0.2, 0.25) is 10.0 Å². The summed E-state index contributed by atoms with van der Waals surface area (Å²) in [7, 11) is -1.64. The van der Waals surface area contributed by atoms with Gasteiger partial charge < -0.3 is 9.30 Å². The number of hydrogen-bond acceptors (Lipinski definition) is 5. The van der Waals surface area contributed by atoms with Crippen molar-refractivity contribution in [1.82, 2.24) is 13.9 Å². The molecule has 1 saturated carbocycles. The highest BCUT2D eigenvalue weighted by atomic mass is 32.2. The van der Waals surface area contributed by atoms with E-state index in [0.29, 0.717) is 25.0 Å². The molecule has 0 unspecified atom stereocenters. The second-order valence-electron chi connectivity index (χ2n) is 7.58. The molecule has 29 heavy (non-hydrogen) atoms. The molecule has 1 aromatic carbocycles. The molecule has 0 radical (unpaired) electrons. The van der Waals surface area contributed by atoms with Gasteiger partial charge in [0.15, 0.2) is 0 Å². The lowest BCUT2D eigenvalue weighted by Gasteiger charge is -2.21. The third-order valence-corrected chi connectivity index (χ3v) is 7.74. The number of fused-ring (bicyclic) bond motifs is 1. The first-order valence-corrected chi connectivity index (χ1v) is 12.0. The maximum absolute atomic E-state index is 12.8. The van der Waals surface area contributed by atoms with Gasteiger partial charge in [-0.25, -0.2) is 13.4 Å². The molecule has 1 heterocycles. The summed E-state index contributed by atoms with van der Waals surface area (Å²) in [6, 6.07) is 5.02. The Balaban J connectivity index is 1.73. The second-order valence-corrected chi connectivity index (χ2v) is 9.51. The number of nitrogens with zero attached hydrogens (tertiary/aromatic N) is 3. The highest BCUT2D eigenvalue weighted by Crippen LogP contribution is 2.24. The molecule has 0 saturated heterocycles. The third kappa shape index (κ3) is 4.80. The van der Waals surface area contributed by atoms with Crippen LogP contribution in [0.15, 0.2) is 23.1 Å². The summed E-state index contributed by atoms with van der Waals surface area (Å²) in [4.78, 5) is 17.0. The number of benzene rings is 1. The van der Waals surface area contributed by atoms with Gasteiger partial charge >= 0.3 is 5.97 Å². The monoisotopic (exact) mass is 421 g/mol. The van der Waals surface area contributed by atoms with Gasteiger partial charge in [0.25, 0.3) is 0 Å². The molecule has 8 heteroatoms. The SMILES string of the molecule is CCN(CC)S(=O)(=O)c1ccc2c(c1)nc(CCC(=O)OC1CCCCC1)n2C. The standard InChI is InChI=1S/C21H31N3O4S/c1-4-24(5-2)29(26,27)17-11-12-19-18(15-17)22-20(23(19)3)13-14-21(25)28-16-9-7-6-8-10-16/h11-12,15-16H,4-10,13-14H2,1-3H3. The molecule has 160 valence electrons. The van der Waals surface area contributed by atoms with Gasteiger partial charge in [0.1, 0.15) is 11.9 Å². The Morgan fingerprint density at radius 1 is 1.21 bits per heavy atom. The fraction of sp³-hybridized carbons (Fsp3) is 0.619. The van der Waals surface area contributed by atoms with Crippen LogP contribution in [-0.2, 0) is 33.0 Å². The number of hydrogen-bond donors (Lipinski definition) is 0. The van der Waals surface area contributed by atoms with E-state index >= 15 is 0 Å². The summed E-state index contributed by atoms with van der Waals surface area (Å²) in [5.41, 5.74) is 1.47. The zero-order chi connectivity index (χ0) is 21.0. The molecule has 1 aromatic heterocycles. The molecule has 1 fully saturated rings. The average Bonchev–Trinajstić information content (AvgIpc) is 3.03. The number of aryl methyl sites for hydroxylation is 2. The molecule has 2 aromatic rings. The maximum Gasteiger partial charge on any atom is 0.306 e. The van der Waals surface area contributed by atoms with Crippen LogP contribution in [0.25, 0.3) is 11.0 Å². The quantitative estimate of drug-likeness (QED) is 0.610. The first-order chi connectivity index (χ1) is 13.9. The van der Waals surface area contributed by atoms with Crippen LogP contribution in [0.2, 0.25) is 0 Å². The van der Waals surface area contributed by atoms with Crippen molar-refractivity contribution in [3.05, 3.63) is 24.0 Å². The van der Waals surface area contributed by atoms with E-state index in [4.69, 9.17) is 4.74 Å². The molecular weight excluding hydrogens is 390 g/mol. The van der Waals surface area contributed by atoms with Gasteiger partial charge in [-0.2, -0.15) is 4.31 Å². The van der Waals surface area contributed by atoms with Gasteiger partial charge in [-0.1, -0.05) is 20.3 Å². The summed E-state index contributed by atoms with van der Waals surface area (Å²) >= 11 is 0. The third-order valence-electron chi connectivity index (χ3n) is 5.69. The summed E-state index contributed by atoms with van der Waals surface area (Å²) in [5.74, 6) is 0.562. The normalized spacial score (nSPS) is 15.9. The Kier molecular flexibility index (Phi) is 6.95. The number of carbonyl (C=O) groups excluding carboxylic acids is 1. The van der Waals surface area contributed by atoms with E-state index in [2.05, 4.69) is 4.98 Å². The number of carbonyl (C=O) groups is 1. The maximum atomic E-state index is 12.8. The summed E-state index contributed by atoms with van der Waals surface area (Å²) in [6.45, 7) is 4.50. The lowest BCUT2D eigenvalue weighted by molar-refractivity contribution is -0.150. The molecule has 0 spiro atoms. The minimum absolute atomic E-state index is 0.0598. The molecular formula is C21H31N3O4S. The van der Waals surface area contributed by atoms with E-state index < -0.39 is 10.0 Å².